The molecule has 2 nitrogen and oxygen atoms in total. The first-order valence-electron chi connectivity index (χ1n) is 5.68. The van der Waals surface area contributed by atoms with Gasteiger partial charge in [-0.1, -0.05) is 31.6 Å². The molecule has 0 bridgehead atoms. The van der Waals surface area contributed by atoms with E-state index in [-0.39, 0.29) is 17.7 Å². The van der Waals surface area contributed by atoms with Crippen molar-refractivity contribution >= 4 is 5.78 Å². The van der Waals surface area contributed by atoms with Crippen LogP contribution < -0.4 is 5.73 Å². The lowest BCUT2D eigenvalue weighted by Crippen LogP contribution is -2.34. The molecule has 2 heteroatoms. The highest BCUT2D eigenvalue weighted by molar-refractivity contribution is 5.85. The van der Waals surface area contributed by atoms with E-state index in [1.165, 1.54) is 11.1 Å². The maximum Gasteiger partial charge on any atom is 0.152 e. The average molecular weight is 207 g/mol. The van der Waals surface area contributed by atoms with E-state index < -0.39 is 0 Å². The largest absolute Gasteiger partial charge is 0.321 e. The van der Waals surface area contributed by atoms with Crippen molar-refractivity contribution < 1.29 is 4.79 Å². The maximum atomic E-state index is 11.7. The Hall–Kier alpha value is -0.890. The predicted octanol–water partition coefficient (Wildman–Crippen LogP) is 2.60. The Kier molecular flexibility index (Phi) is 4.28. The molecule has 1 unspecified atom stereocenters. The Morgan fingerprint density at radius 2 is 2.00 bits per heavy atom. The molecule has 0 heterocycles. The third-order valence-corrected chi connectivity index (χ3v) is 2.89. The molecule has 1 aliphatic carbocycles. The van der Waals surface area contributed by atoms with E-state index in [2.05, 4.69) is 19.1 Å². The minimum atomic E-state index is -0.335. The molecular weight excluding hydrogens is 186 g/mol. The summed E-state index contributed by atoms with van der Waals surface area (Å²) in [5, 5.41) is 0. The molecule has 0 aromatic rings. The minimum Gasteiger partial charge on any atom is -0.321 e. The van der Waals surface area contributed by atoms with Crippen LogP contribution in [0.4, 0.5) is 0 Å². The van der Waals surface area contributed by atoms with Crippen LogP contribution in [0.5, 0.6) is 0 Å². The number of allylic oxidation sites excluding steroid dienone is 3. The molecule has 15 heavy (non-hydrogen) atoms. The number of nitrogens with two attached hydrogens (primary N) is 1. The van der Waals surface area contributed by atoms with Crippen LogP contribution in [0.1, 0.15) is 40.0 Å². The number of rotatable bonds is 4. The third-order valence-electron chi connectivity index (χ3n) is 2.89. The fourth-order valence-electron chi connectivity index (χ4n) is 1.86. The van der Waals surface area contributed by atoms with Crippen molar-refractivity contribution in [1.82, 2.24) is 0 Å². The third kappa shape index (κ3) is 3.31. The molecule has 2 N–H and O–H groups in total. The van der Waals surface area contributed by atoms with Crippen molar-refractivity contribution in [3.05, 3.63) is 23.3 Å². The van der Waals surface area contributed by atoms with Gasteiger partial charge in [0.05, 0.1) is 6.04 Å². The molecule has 0 aromatic carbocycles. The molecular formula is C13H21NO. The van der Waals surface area contributed by atoms with E-state index in [1.807, 2.05) is 13.8 Å². The van der Waals surface area contributed by atoms with Crippen LogP contribution in [0.25, 0.3) is 0 Å². The molecule has 0 saturated heterocycles. The van der Waals surface area contributed by atoms with Gasteiger partial charge in [0.1, 0.15) is 0 Å². The number of carbonyl (C=O) groups excluding carboxylic acids is 1. The van der Waals surface area contributed by atoms with Crippen LogP contribution >= 0.6 is 0 Å². The van der Waals surface area contributed by atoms with Crippen molar-refractivity contribution in [3.63, 3.8) is 0 Å². The molecule has 1 rings (SSSR count). The fourth-order valence-corrected chi connectivity index (χ4v) is 1.86. The van der Waals surface area contributed by atoms with Crippen LogP contribution in [0.3, 0.4) is 0 Å². The van der Waals surface area contributed by atoms with Gasteiger partial charge in [-0.2, -0.15) is 0 Å². The molecule has 1 aliphatic rings. The van der Waals surface area contributed by atoms with E-state index in [0.29, 0.717) is 6.42 Å². The van der Waals surface area contributed by atoms with E-state index in [9.17, 15) is 4.79 Å². The highest BCUT2D eigenvalue weighted by Crippen LogP contribution is 2.22. The van der Waals surface area contributed by atoms with Gasteiger partial charge in [0.2, 0.25) is 0 Å². The van der Waals surface area contributed by atoms with Crippen LogP contribution in [-0.2, 0) is 4.79 Å². The zero-order valence-electron chi connectivity index (χ0n) is 9.92. The monoisotopic (exact) mass is 207 g/mol. The van der Waals surface area contributed by atoms with Gasteiger partial charge >= 0.3 is 0 Å². The van der Waals surface area contributed by atoms with Gasteiger partial charge in [-0.25, -0.2) is 0 Å². The van der Waals surface area contributed by atoms with Crippen molar-refractivity contribution in [1.29, 1.82) is 0 Å². The Balaban J connectivity index is 2.58. The van der Waals surface area contributed by atoms with Crippen LogP contribution in [-0.4, -0.2) is 11.8 Å². The second kappa shape index (κ2) is 5.26. The first kappa shape index (κ1) is 12.2. The SMILES string of the molecule is CC1=CCCC=C1CC(N)C(=O)C(C)C. The summed E-state index contributed by atoms with van der Waals surface area (Å²) in [7, 11) is 0. The summed E-state index contributed by atoms with van der Waals surface area (Å²) in [5.74, 6) is 0.197. The summed E-state index contributed by atoms with van der Waals surface area (Å²) < 4.78 is 0. The van der Waals surface area contributed by atoms with Gasteiger partial charge in [-0.05, 0) is 31.8 Å². The standard InChI is InChI=1S/C13H21NO/c1-9(2)13(15)12(14)8-11-7-5-4-6-10(11)3/h6-7,9,12H,4-5,8,14H2,1-3H3. The van der Waals surface area contributed by atoms with Crippen LogP contribution in [0, 0.1) is 5.92 Å². The molecule has 0 aromatic heterocycles. The van der Waals surface area contributed by atoms with E-state index in [0.717, 1.165) is 12.8 Å². The van der Waals surface area contributed by atoms with E-state index in [4.69, 9.17) is 5.73 Å². The van der Waals surface area contributed by atoms with Crippen LogP contribution in [0.15, 0.2) is 23.3 Å². The summed E-state index contributed by atoms with van der Waals surface area (Å²) >= 11 is 0. The second-order valence-corrected chi connectivity index (χ2v) is 4.56. The Morgan fingerprint density at radius 3 is 2.53 bits per heavy atom. The summed E-state index contributed by atoms with van der Waals surface area (Å²) in [5.41, 5.74) is 8.43. The number of carbonyl (C=O) groups is 1. The van der Waals surface area contributed by atoms with Crippen molar-refractivity contribution in [2.45, 2.75) is 46.1 Å². The first-order chi connectivity index (χ1) is 7.02. The molecule has 0 amide bonds. The zero-order chi connectivity index (χ0) is 11.4. The Morgan fingerprint density at radius 1 is 1.40 bits per heavy atom. The van der Waals surface area contributed by atoms with Gasteiger partial charge in [-0.3, -0.25) is 4.79 Å². The average Bonchev–Trinajstić information content (AvgIpc) is 2.20. The van der Waals surface area contributed by atoms with E-state index >= 15 is 0 Å². The summed E-state index contributed by atoms with van der Waals surface area (Å²) in [4.78, 5) is 11.7. The molecule has 84 valence electrons. The fraction of sp³-hybridized carbons (Fsp3) is 0.615. The molecule has 0 aliphatic heterocycles. The van der Waals surface area contributed by atoms with Crippen molar-refractivity contribution in [2.24, 2.45) is 11.7 Å². The normalized spacial score (nSPS) is 18.5. The van der Waals surface area contributed by atoms with Gasteiger partial charge < -0.3 is 5.73 Å². The lowest BCUT2D eigenvalue weighted by Gasteiger charge is -2.18. The minimum absolute atomic E-state index is 0.0356. The molecule has 0 spiro atoms. The van der Waals surface area contributed by atoms with E-state index in [1.54, 1.807) is 0 Å². The molecule has 0 fully saturated rings. The van der Waals surface area contributed by atoms with Gasteiger partial charge in [-0.15, -0.1) is 0 Å². The lowest BCUT2D eigenvalue weighted by molar-refractivity contribution is -0.123. The van der Waals surface area contributed by atoms with Crippen molar-refractivity contribution in [3.8, 4) is 0 Å². The molecule has 1 atom stereocenters. The highest BCUT2D eigenvalue weighted by Gasteiger charge is 2.19. The van der Waals surface area contributed by atoms with Gasteiger partial charge in [0.15, 0.2) is 5.78 Å². The second-order valence-electron chi connectivity index (χ2n) is 4.56. The lowest BCUT2D eigenvalue weighted by atomic mass is 9.90. The Bertz CT molecular complexity index is 300. The number of Topliss-reactive ketones (excluding diaryl/α,β-unsaturated/α-hetero) is 1. The van der Waals surface area contributed by atoms with Gasteiger partial charge in [0.25, 0.3) is 0 Å². The van der Waals surface area contributed by atoms with Gasteiger partial charge in [0, 0.05) is 5.92 Å². The smallest absolute Gasteiger partial charge is 0.152 e. The molecule has 0 saturated carbocycles. The molecule has 0 radical (unpaired) electrons. The summed E-state index contributed by atoms with van der Waals surface area (Å²) in [6, 6.07) is -0.335. The maximum absolute atomic E-state index is 11.7. The highest BCUT2D eigenvalue weighted by atomic mass is 16.1. The zero-order valence-corrected chi connectivity index (χ0v) is 9.92. The Labute approximate surface area is 92.2 Å². The number of ketones is 1. The first-order valence-corrected chi connectivity index (χ1v) is 5.68. The van der Waals surface area contributed by atoms with Crippen LogP contribution in [0.2, 0.25) is 0 Å². The number of hydrogen-bond donors (Lipinski definition) is 1. The quantitative estimate of drug-likeness (QED) is 0.770. The topological polar surface area (TPSA) is 43.1 Å². The van der Waals surface area contributed by atoms with Crippen molar-refractivity contribution in [2.75, 3.05) is 0 Å². The summed E-state index contributed by atoms with van der Waals surface area (Å²) in [6.07, 6.45) is 7.32. The predicted molar refractivity (Wildman–Crippen MR) is 63.5 cm³/mol. The summed E-state index contributed by atoms with van der Waals surface area (Å²) in [6.45, 7) is 5.90. The number of hydrogen-bond acceptors (Lipinski definition) is 2.